The Morgan fingerprint density at radius 1 is 1.57 bits per heavy atom. The van der Waals surface area contributed by atoms with E-state index >= 15 is 0 Å². The van der Waals surface area contributed by atoms with Crippen molar-refractivity contribution in [3.63, 3.8) is 0 Å². The van der Waals surface area contributed by atoms with Gasteiger partial charge in [-0.25, -0.2) is 4.79 Å². The summed E-state index contributed by atoms with van der Waals surface area (Å²) in [4.78, 5) is 11.5. The second kappa shape index (κ2) is 4.57. The highest BCUT2D eigenvalue weighted by molar-refractivity contribution is 5.90. The fourth-order valence-electron chi connectivity index (χ4n) is 1.48. The maximum atomic E-state index is 11.5. The second-order valence-corrected chi connectivity index (χ2v) is 3.63. The first-order valence-electron chi connectivity index (χ1n) is 4.92. The van der Waals surface area contributed by atoms with Crippen molar-refractivity contribution in [1.29, 1.82) is 0 Å². The lowest BCUT2D eigenvalue weighted by atomic mass is 9.91. The van der Waals surface area contributed by atoms with Gasteiger partial charge in [0, 0.05) is 19.6 Å². The van der Waals surface area contributed by atoms with Crippen LogP contribution < -0.4 is 10.6 Å². The SMILES string of the molecule is C=C(C(=O)OCC)C1(C)CNCCN1. The zero-order valence-corrected chi connectivity index (χ0v) is 8.85. The predicted molar refractivity (Wildman–Crippen MR) is 55.1 cm³/mol. The molecule has 1 unspecified atom stereocenters. The average molecular weight is 198 g/mol. The Balaban J connectivity index is 2.61. The third-order valence-electron chi connectivity index (χ3n) is 2.48. The molecule has 1 saturated heterocycles. The summed E-state index contributed by atoms with van der Waals surface area (Å²) in [6.45, 7) is 10.4. The highest BCUT2D eigenvalue weighted by Gasteiger charge is 2.33. The van der Waals surface area contributed by atoms with Crippen LogP contribution in [-0.4, -0.2) is 37.7 Å². The summed E-state index contributed by atoms with van der Waals surface area (Å²) in [6.07, 6.45) is 0. The first-order valence-corrected chi connectivity index (χ1v) is 4.92. The molecule has 0 radical (unpaired) electrons. The molecule has 0 saturated carbocycles. The van der Waals surface area contributed by atoms with Gasteiger partial charge in [-0.3, -0.25) is 0 Å². The van der Waals surface area contributed by atoms with E-state index in [2.05, 4.69) is 17.2 Å². The molecule has 4 heteroatoms. The van der Waals surface area contributed by atoms with Crippen LogP contribution in [0.25, 0.3) is 0 Å². The van der Waals surface area contributed by atoms with Crippen LogP contribution in [0.4, 0.5) is 0 Å². The molecule has 1 fully saturated rings. The van der Waals surface area contributed by atoms with Crippen LogP contribution in [0.2, 0.25) is 0 Å². The Morgan fingerprint density at radius 2 is 2.29 bits per heavy atom. The molecule has 1 atom stereocenters. The molecule has 4 nitrogen and oxygen atoms in total. The van der Waals surface area contributed by atoms with Crippen LogP contribution >= 0.6 is 0 Å². The molecule has 0 amide bonds. The number of carbonyl (C=O) groups is 1. The Labute approximate surface area is 84.7 Å². The standard InChI is InChI=1S/C10H18N2O2/c1-4-14-9(13)8(2)10(3)7-11-5-6-12-10/h11-12H,2,4-7H2,1,3H3. The lowest BCUT2D eigenvalue weighted by Crippen LogP contribution is -2.59. The van der Waals surface area contributed by atoms with Crippen molar-refractivity contribution in [2.45, 2.75) is 19.4 Å². The number of nitrogens with one attached hydrogen (secondary N) is 2. The summed E-state index contributed by atoms with van der Waals surface area (Å²) in [5.41, 5.74) is 0.122. The van der Waals surface area contributed by atoms with Gasteiger partial charge in [-0.1, -0.05) is 6.58 Å². The Morgan fingerprint density at radius 3 is 2.79 bits per heavy atom. The van der Waals surface area contributed by atoms with E-state index < -0.39 is 0 Å². The smallest absolute Gasteiger partial charge is 0.335 e. The van der Waals surface area contributed by atoms with Gasteiger partial charge in [0.2, 0.25) is 0 Å². The molecular weight excluding hydrogens is 180 g/mol. The van der Waals surface area contributed by atoms with Gasteiger partial charge >= 0.3 is 5.97 Å². The van der Waals surface area contributed by atoms with Crippen molar-refractivity contribution in [3.8, 4) is 0 Å². The van der Waals surface area contributed by atoms with Gasteiger partial charge in [-0.15, -0.1) is 0 Å². The van der Waals surface area contributed by atoms with Gasteiger partial charge in [0.15, 0.2) is 0 Å². The quantitative estimate of drug-likeness (QED) is 0.497. The third kappa shape index (κ3) is 2.33. The number of carbonyl (C=O) groups excluding carboxylic acids is 1. The third-order valence-corrected chi connectivity index (χ3v) is 2.48. The Kier molecular flexibility index (Phi) is 3.66. The van der Waals surface area contributed by atoms with Crippen LogP contribution in [-0.2, 0) is 9.53 Å². The minimum Gasteiger partial charge on any atom is -0.463 e. The first kappa shape index (κ1) is 11.2. The average Bonchev–Trinajstić information content (AvgIpc) is 2.18. The molecule has 2 N–H and O–H groups in total. The molecule has 14 heavy (non-hydrogen) atoms. The van der Waals surface area contributed by atoms with Crippen LogP contribution in [0.5, 0.6) is 0 Å². The zero-order valence-electron chi connectivity index (χ0n) is 8.85. The summed E-state index contributed by atoms with van der Waals surface area (Å²) < 4.78 is 4.92. The summed E-state index contributed by atoms with van der Waals surface area (Å²) >= 11 is 0. The molecule has 0 spiro atoms. The maximum absolute atomic E-state index is 11.5. The summed E-state index contributed by atoms with van der Waals surface area (Å²) in [7, 11) is 0. The molecule has 1 aliphatic heterocycles. The van der Waals surface area contributed by atoms with E-state index in [4.69, 9.17) is 4.74 Å². The number of hydrogen-bond donors (Lipinski definition) is 2. The molecule has 0 aromatic rings. The highest BCUT2D eigenvalue weighted by atomic mass is 16.5. The molecular formula is C10H18N2O2. The van der Waals surface area contributed by atoms with E-state index in [1.807, 2.05) is 6.92 Å². The zero-order chi connectivity index (χ0) is 10.6. The molecule has 1 heterocycles. The van der Waals surface area contributed by atoms with Crippen LogP contribution in [0.3, 0.4) is 0 Å². The topological polar surface area (TPSA) is 50.4 Å². The van der Waals surface area contributed by atoms with Gasteiger partial charge in [0.1, 0.15) is 0 Å². The molecule has 80 valence electrons. The van der Waals surface area contributed by atoms with E-state index in [0.29, 0.717) is 18.7 Å². The van der Waals surface area contributed by atoms with Gasteiger partial charge in [-0.05, 0) is 13.8 Å². The molecule has 0 aliphatic carbocycles. The minimum atomic E-state index is -0.371. The van der Waals surface area contributed by atoms with E-state index in [0.717, 1.165) is 13.1 Å². The lowest BCUT2D eigenvalue weighted by molar-refractivity contribution is -0.139. The highest BCUT2D eigenvalue weighted by Crippen LogP contribution is 2.16. The number of hydrogen-bond acceptors (Lipinski definition) is 4. The van der Waals surface area contributed by atoms with Crippen LogP contribution in [0, 0.1) is 0 Å². The van der Waals surface area contributed by atoms with Crippen molar-refractivity contribution in [2.24, 2.45) is 0 Å². The van der Waals surface area contributed by atoms with E-state index in [-0.39, 0.29) is 11.5 Å². The fraction of sp³-hybridized carbons (Fsp3) is 0.700. The minimum absolute atomic E-state index is 0.314. The lowest BCUT2D eigenvalue weighted by Gasteiger charge is -2.36. The Bertz CT molecular complexity index is 232. The molecule has 0 aromatic heterocycles. The summed E-state index contributed by atoms with van der Waals surface area (Å²) in [5, 5.41) is 6.49. The molecule has 0 bridgehead atoms. The van der Waals surface area contributed by atoms with Crippen LogP contribution in [0.1, 0.15) is 13.8 Å². The number of ether oxygens (including phenoxy) is 1. The van der Waals surface area contributed by atoms with Crippen molar-refractivity contribution in [1.82, 2.24) is 10.6 Å². The van der Waals surface area contributed by atoms with E-state index in [1.54, 1.807) is 6.92 Å². The second-order valence-electron chi connectivity index (χ2n) is 3.63. The van der Waals surface area contributed by atoms with Crippen molar-refractivity contribution >= 4 is 5.97 Å². The summed E-state index contributed by atoms with van der Waals surface area (Å²) in [5.74, 6) is -0.314. The van der Waals surface area contributed by atoms with Crippen molar-refractivity contribution in [3.05, 3.63) is 12.2 Å². The monoisotopic (exact) mass is 198 g/mol. The van der Waals surface area contributed by atoms with Gasteiger partial charge in [-0.2, -0.15) is 0 Å². The fourth-order valence-corrected chi connectivity index (χ4v) is 1.48. The van der Waals surface area contributed by atoms with Crippen molar-refractivity contribution in [2.75, 3.05) is 26.2 Å². The van der Waals surface area contributed by atoms with Gasteiger partial charge in [0.25, 0.3) is 0 Å². The first-order chi connectivity index (χ1) is 6.60. The number of piperazine rings is 1. The summed E-state index contributed by atoms with van der Waals surface area (Å²) in [6, 6.07) is 0. The Hall–Kier alpha value is -0.870. The normalized spacial score (nSPS) is 27.0. The number of esters is 1. The molecule has 1 rings (SSSR count). The van der Waals surface area contributed by atoms with Crippen LogP contribution in [0.15, 0.2) is 12.2 Å². The number of rotatable bonds is 3. The molecule has 1 aliphatic rings. The predicted octanol–water partition coefficient (Wildman–Crippen LogP) is 0.0572. The van der Waals surface area contributed by atoms with Gasteiger partial charge in [0.05, 0.1) is 17.7 Å². The van der Waals surface area contributed by atoms with E-state index in [9.17, 15) is 4.79 Å². The van der Waals surface area contributed by atoms with E-state index in [1.165, 1.54) is 0 Å². The van der Waals surface area contributed by atoms with Gasteiger partial charge < -0.3 is 15.4 Å². The largest absolute Gasteiger partial charge is 0.463 e. The van der Waals surface area contributed by atoms with Crippen molar-refractivity contribution < 1.29 is 9.53 Å². The maximum Gasteiger partial charge on any atom is 0.335 e. The molecule has 0 aromatic carbocycles.